The fraction of sp³-hybridized carbons (Fsp3) is 0.294. The second-order valence-corrected chi connectivity index (χ2v) is 5.59. The molecule has 0 bridgehead atoms. The molecule has 110 valence electrons. The van der Waals surface area contributed by atoms with E-state index in [1.54, 1.807) is 38.1 Å². The lowest BCUT2D eigenvalue weighted by Crippen LogP contribution is -2.20. The first-order chi connectivity index (χ1) is 9.94. The number of ether oxygens (including phenoxy) is 2. The van der Waals surface area contributed by atoms with Crippen LogP contribution < -0.4 is 0 Å². The fourth-order valence-corrected chi connectivity index (χ4v) is 2.62. The summed E-state index contributed by atoms with van der Waals surface area (Å²) in [6.45, 7) is 3.58. The number of hydrogen-bond acceptors (Lipinski definition) is 2. The van der Waals surface area contributed by atoms with Gasteiger partial charge in [-0.3, -0.25) is 0 Å². The summed E-state index contributed by atoms with van der Waals surface area (Å²) in [5.41, 5.74) is 1.35. The number of halogens is 2. The van der Waals surface area contributed by atoms with Crippen LogP contribution in [0.25, 0.3) is 0 Å². The summed E-state index contributed by atoms with van der Waals surface area (Å²) in [6, 6.07) is 12.4. The van der Waals surface area contributed by atoms with Crippen molar-refractivity contribution >= 4 is 0 Å². The summed E-state index contributed by atoms with van der Waals surface area (Å²) >= 11 is 0. The van der Waals surface area contributed by atoms with Crippen LogP contribution in [0.4, 0.5) is 8.78 Å². The van der Waals surface area contributed by atoms with Gasteiger partial charge >= 0.3 is 0 Å². The molecule has 1 aliphatic heterocycles. The Morgan fingerprint density at radius 3 is 1.62 bits per heavy atom. The highest BCUT2D eigenvalue weighted by Gasteiger charge is 2.43. The van der Waals surface area contributed by atoms with E-state index in [2.05, 4.69) is 0 Å². The van der Waals surface area contributed by atoms with E-state index in [4.69, 9.17) is 9.47 Å². The van der Waals surface area contributed by atoms with E-state index in [1.807, 2.05) is 0 Å². The Bertz CT molecular complexity index is 599. The van der Waals surface area contributed by atoms with E-state index in [-0.39, 0.29) is 11.6 Å². The maximum Gasteiger partial charge on any atom is 0.164 e. The maximum absolute atomic E-state index is 13.5. The van der Waals surface area contributed by atoms with Crippen LogP contribution in [-0.4, -0.2) is 5.79 Å². The Balaban J connectivity index is 2.00. The second-order valence-electron chi connectivity index (χ2n) is 5.59. The number of benzene rings is 2. The molecule has 4 heteroatoms. The summed E-state index contributed by atoms with van der Waals surface area (Å²) < 4.78 is 38.7. The van der Waals surface area contributed by atoms with Crippen molar-refractivity contribution in [2.75, 3.05) is 0 Å². The largest absolute Gasteiger partial charge is 0.339 e. The molecule has 0 aromatic heterocycles. The summed E-state index contributed by atoms with van der Waals surface area (Å²) in [5, 5.41) is 0. The molecule has 1 heterocycles. The zero-order chi connectivity index (χ0) is 15.0. The first-order valence-corrected chi connectivity index (χ1v) is 6.81. The molecule has 1 aliphatic rings. The van der Waals surface area contributed by atoms with E-state index < -0.39 is 18.0 Å². The SMILES string of the molecule is CC1(C)O[C@H](c2cccc(F)c2)[C@@H](c2cccc(F)c2)O1. The van der Waals surface area contributed by atoms with Gasteiger partial charge in [0.2, 0.25) is 0 Å². The van der Waals surface area contributed by atoms with Gasteiger partial charge in [-0.1, -0.05) is 24.3 Å². The van der Waals surface area contributed by atoms with Crippen LogP contribution >= 0.6 is 0 Å². The Morgan fingerprint density at radius 2 is 1.24 bits per heavy atom. The topological polar surface area (TPSA) is 18.5 Å². The van der Waals surface area contributed by atoms with Crippen molar-refractivity contribution in [3.05, 3.63) is 71.3 Å². The van der Waals surface area contributed by atoms with Crippen LogP contribution in [0.2, 0.25) is 0 Å². The number of hydrogen-bond donors (Lipinski definition) is 0. The van der Waals surface area contributed by atoms with Gasteiger partial charge in [-0.2, -0.15) is 0 Å². The minimum absolute atomic E-state index is 0.334. The summed E-state index contributed by atoms with van der Waals surface area (Å²) in [5.74, 6) is -1.48. The van der Waals surface area contributed by atoms with Crippen LogP contribution in [0.15, 0.2) is 48.5 Å². The van der Waals surface area contributed by atoms with Crippen LogP contribution in [0.1, 0.15) is 37.2 Å². The first-order valence-electron chi connectivity index (χ1n) is 6.81. The minimum Gasteiger partial charge on any atom is -0.339 e. The summed E-state index contributed by atoms with van der Waals surface area (Å²) in [4.78, 5) is 0. The highest BCUT2D eigenvalue weighted by molar-refractivity contribution is 5.27. The Hall–Kier alpha value is -1.78. The van der Waals surface area contributed by atoms with Gasteiger partial charge in [-0.15, -0.1) is 0 Å². The van der Waals surface area contributed by atoms with Crippen LogP contribution in [0.3, 0.4) is 0 Å². The molecule has 2 nitrogen and oxygen atoms in total. The van der Waals surface area contributed by atoms with Gasteiger partial charge in [0.15, 0.2) is 5.79 Å². The molecule has 2 aromatic rings. The Kier molecular flexibility index (Phi) is 3.51. The average Bonchev–Trinajstić information content (AvgIpc) is 2.75. The lowest BCUT2D eigenvalue weighted by Gasteiger charge is -2.17. The van der Waals surface area contributed by atoms with E-state index in [9.17, 15) is 8.78 Å². The molecular formula is C17H16F2O2. The molecule has 21 heavy (non-hydrogen) atoms. The molecule has 0 unspecified atom stereocenters. The van der Waals surface area contributed by atoms with Crippen LogP contribution in [0.5, 0.6) is 0 Å². The van der Waals surface area contributed by atoms with Crippen molar-refractivity contribution in [2.24, 2.45) is 0 Å². The average molecular weight is 290 g/mol. The monoisotopic (exact) mass is 290 g/mol. The molecule has 0 saturated carbocycles. The Labute approximate surface area is 122 Å². The van der Waals surface area contributed by atoms with Crippen molar-refractivity contribution in [3.63, 3.8) is 0 Å². The molecule has 0 spiro atoms. The molecule has 1 saturated heterocycles. The molecule has 0 N–H and O–H groups in total. The fourth-order valence-electron chi connectivity index (χ4n) is 2.62. The molecule has 0 aliphatic carbocycles. The second kappa shape index (κ2) is 5.20. The summed E-state index contributed by atoms with van der Waals surface area (Å²) in [7, 11) is 0. The van der Waals surface area contributed by atoms with Crippen LogP contribution in [-0.2, 0) is 9.47 Å². The van der Waals surface area contributed by atoms with E-state index in [0.29, 0.717) is 11.1 Å². The van der Waals surface area contributed by atoms with Crippen molar-refractivity contribution < 1.29 is 18.3 Å². The lowest BCUT2D eigenvalue weighted by molar-refractivity contribution is -0.147. The van der Waals surface area contributed by atoms with Gasteiger partial charge in [0.05, 0.1) is 0 Å². The van der Waals surface area contributed by atoms with Crippen molar-refractivity contribution in [3.8, 4) is 0 Å². The predicted molar refractivity (Wildman–Crippen MR) is 74.5 cm³/mol. The predicted octanol–water partition coefficient (Wildman–Crippen LogP) is 4.53. The third kappa shape index (κ3) is 2.96. The van der Waals surface area contributed by atoms with Gasteiger partial charge in [-0.05, 0) is 49.2 Å². The maximum atomic E-state index is 13.5. The first kappa shape index (κ1) is 14.2. The minimum atomic E-state index is -0.812. The van der Waals surface area contributed by atoms with Gasteiger partial charge in [0.1, 0.15) is 23.8 Å². The van der Waals surface area contributed by atoms with Crippen molar-refractivity contribution in [1.82, 2.24) is 0 Å². The quantitative estimate of drug-likeness (QED) is 0.809. The zero-order valence-electron chi connectivity index (χ0n) is 11.8. The van der Waals surface area contributed by atoms with Crippen molar-refractivity contribution in [2.45, 2.75) is 31.8 Å². The highest BCUT2D eigenvalue weighted by atomic mass is 19.1. The highest BCUT2D eigenvalue weighted by Crippen LogP contribution is 2.46. The molecular weight excluding hydrogens is 274 g/mol. The van der Waals surface area contributed by atoms with Gasteiger partial charge in [0, 0.05) is 0 Å². The van der Waals surface area contributed by atoms with Crippen LogP contribution in [0, 0.1) is 11.6 Å². The van der Waals surface area contributed by atoms with Crippen molar-refractivity contribution in [1.29, 1.82) is 0 Å². The molecule has 3 rings (SSSR count). The standard InChI is InChI=1S/C17H16F2O2/c1-17(2)20-15(11-5-3-7-13(18)9-11)16(21-17)12-6-4-8-14(19)10-12/h3-10,15-16H,1-2H3/t15-,16-/m1/s1. The van der Waals surface area contributed by atoms with Gasteiger partial charge < -0.3 is 9.47 Å². The smallest absolute Gasteiger partial charge is 0.164 e. The van der Waals surface area contributed by atoms with E-state index >= 15 is 0 Å². The lowest BCUT2D eigenvalue weighted by atomic mass is 9.98. The third-order valence-corrected chi connectivity index (χ3v) is 3.45. The molecule has 0 radical (unpaired) electrons. The normalized spacial score (nSPS) is 24.2. The molecule has 2 atom stereocenters. The molecule has 2 aromatic carbocycles. The Morgan fingerprint density at radius 1 is 0.810 bits per heavy atom. The molecule has 1 fully saturated rings. The van der Waals surface area contributed by atoms with Gasteiger partial charge in [0.25, 0.3) is 0 Å². The van der Waals surface area contributed by atoms with E-state index in [1.165, 1.54) is 24.3 Å². The third-order valence-electron chi connectivity index (χ3n) is 3.45. The van der Waals surface area contributed by atoms with Gasteiger partial charge in [-0.25, -0.2) is 8.78 Å². The zero-order valence-corrected chi connectivity index (χ0v) is 11.8. The molecule has 0 amide bonds. The van der Waals surface area contributed by atoms with E-state index in [0.717, 1.165) is 0 Å². The number of rotatable bonds is 2. The summed E-state index contributed by atoms with van der Waals surface area (Å²) in [6.07, 6.45) is -0.949.